The van der Waals surface area contributed by atoms with Gasteiger partial charge in [0.2, 0.25) is 0 Å². The zero-order chi connectivity index (χ0) is 10.7. The molecule has 4 heteroatoms. The summed E-state index contributed by atoms with van der Waals surface area (Å²) in [6.07, 6.45) is 3.21. The van der Waals surface area contributed by atoms with Crippen molar-refractivity contribution in [2.75, 3.05) is 13.2 Å². The van der Waals surface area contributed by atoms with Gasteiger partial charge in [0.1, 0.15) is 5.76 Å². The highest BCUT2D eigenvalue weighted by Gasteiger charge is 2.21. The minimum absolute atomic E-state index is 0.230. The fourth-order valence-electron chi connectivity index (χ4n) is 1.67. The number of halogens is 1. The van der Waals surface area contributed by atoms with Crippen LogP contribution in [-0.4, -0.2) is 13.2 Å². The van der Waals surface area contributed by atoms with Crippen molar-refractivity contribution in [1.29, 1.82) is 0 Å². The van der Waals surface area contributed by atoms with Crippen molar-refractivity contribution in [3.8, 4) is 0 Å². The maximum absolute atomic E-state index is 5.62. The lowest BCUT2D eigenvalue weighted by Crippen LogP contribution is -2.22. The molecule has 0 saturated heterocycles. The molecule has 0 saturated carbocycles. The second-order valence-electron chi connectivity index (χ2n) is 3.38. The summed E-state index contributed by atoms with van der Waals surface area (Å²) in [5.41, 5.74) is 0. The molecule has 0 fully saturated rings. The van der Waals surface area contributed by atoms with Crippen LogP contribution in [0.1, 0.15) is 24.3 Å². The molecule has 1 unspecified atom stereocenters. The Hall–Kier alpha value is -0.320. The van der Waals surface area contributed by atoms with Gasteiger partial charge < -0.3 is 10.1 Å². The van der Waals surface area contributed by atoms with Gasteiger partial charge in [0.05, 0.1) is 16.4 Å². The zero-order valence-electron chi connectivity index (χ0n) is 8.63. The molecular weight excluding hydrogens is 274 g/mol. The summed E-state index contributed by atoms with van der Waals surface area (Å²) in [6.45, 7) is 3.88. The molecule has 2 nitrogen and oxygen atoms in total. The fraction of sp³-hybridized carbons (Fsp3) is 0.455. The number of ether oxygens (including phenoxy) is 1. The third kappa shape index (κ3) is 2.62. The lowest BCUT2D eigenvalue weighted by Gasteiger charge is -2.17. The smallest absolute Gasteiger partial charge is 0.114 e. The molecule has 15 heavy (non-hydrogen) atoms. The maximum Gasteiger partial charge on any atom is 0.114 e. The van der Waals surface area contributed by atoms with Crippen LogP contribution in [0.25, 0.3) is 0 Å². The van der Waals surface area contributed by atoms with Crippen molar-refractivity contribution >= 4 is 27.3 Å². The van der Waals surface area contributed by atoms with E-state index in [1.807, 2.05) is 0 Å². The first-order valence-corrected chi connectivity index (χ1v) is 6.73. The van der Waals surface area contributed by atoms with Gasteiger partial charge in [-0.15, -0.1) is 11.3 Å². The van der Waals surface area contributed by atoms with Crippen LogP contribution < -0.4 is 5.32 Å². The Balaban J connectivity index is 2.18. The summed E-state index contributed by atoms with van der Waals surface area (Å²) >= 11 is 5.25. The molecule has 0 spiro atoms. The molecule has 0 radical (unpaired) electrons. The minimum atomic E-state index is 0.230. The van der Waals surface area contributed by atoms with Crippen molar-refractivity contribution in [2.24, 2.45) is 0 Å². The summed E-state index contributed by atoms with van der Waals surface area (Å²) in [5.74, 6) is 1.08. The van der Waals surface area contributed by atoms with Crippen LogP contribution in [0, 0.1) is 0 Å². The second kappa shape index (κ2) is 5.14. The third-order valence-electron chi connectivity index (χ3n) is 2.30. The van der Waals surface area contributed by atoms with E-state index in [1.165, 1.54) is 8.66 Å². The van der Waals surface area contributed by atoms with Crippen LogP contribution in [0.4, 0.5) is 0 Å². The normalized spacial score (nSPS) is 17.3. The molecular formula is C11H14BrNOS. The van der Waals surface area contributed by atoms with Crippen molar-refractivity contribution in [3.05, 3.63) is 32.6 Å². The Bertz CT molecular complexity index is 361. The Kier molecular flexibility index (Phi) is 3.83. The fourth-order valence-corrected chi connectivity index (χ4v) is 3.17. The van der Waals surface area contributed by atoms with Gasteiger partial charge in [-0.1, -0.05) is 6.92 Å². The van der Waals surface area contributed by atoms with E-state index >= 15 is 0 Å². The first-order chi connectivity index (χ1) is 7.31. The highest BCUT2D eigenvalue weighted by Crippen LogP contribution is 2.33. The van der Waals surface area contributed by atoms with Gasteiger partial charge in [-0.25, -0.2) is 0 Å². The molecule has 0 bridgehead atoms. The lowest BCUT2D eigenvalue weighted by molar-refractivity contribution is 0.217. The summed E-state index contributed by atoms with van der Waals surface area (Å²) in [6, 6.07) is 4.46. The van der Waals surface area contributed by atoms with Gasteiger partial charge in [0, 0.05) is 11.3 Å². The molecule has 0 aliphatic carbocycles. The first-order valence-electron chi connectivity index (χ1n) is 5.12. The number of hydrogen-bond acceptors (Lipinski definition) is 3. The number of hydrogen-bond donors (Lipinski definition) is 1. The largest absolute Gasteiger partial charge is 0.496 e. The Morgan fingerprint density at radius 2 is 2.47 bits per heavy atom. The van der Waals surface area contributed by atoms with E-state index in [0.29, 0.717) is 0 Å². The van der Waals surface area contributed by atoms with Crippen LogP contribution >= 0.6 is 27.3 Å². The molecule has 2 rings (SSSR count). The summed E-state index contributed by atoms with van der Waals surface area (Å²) in [4.78, 5) is 1.30. The zero-order valence-corrected chi connectivity index (χ0v) is 11.0. The maximum atomic E-state index is 5.62. The highest BCUT2D eigenvalue weighted by atomic mass is 79.9. The van der Waals surface area contributed by atoms with E-state index in [4.69, 9.17) is 4.74 Å². The van der Waals surface area contributed by atoms with E-state index in [-0.39, 0.29) is 6.04 Å². The second-order valence-corrected chi connectivity index (χ2v) is 5.87. The van der Waals surface area contributed by atoms with E-state index in [0.717, 1.165) is 25.3 Å². The predicted molar refractivity (Wildman–Crippen MR) is 67.1 cm³/mol. The lowest BCUT2D eigenvalue weighted by atomic mass is 10.2. The highest BCUT2D eigenvalue weighted by molar-refractivity contribution is 9.11. The number of likely N-dealkylation sites (N-methyl/N-ethyl adjacent to an activating group) is 1. The molecule has 0 amide bonds. The topological polar surface area (TPSA) is 21.3 Å². The molecule has 2 heterocycles. The molecule has 1 aromatic heterocycles. The average molecular weight is 288 g/mol. The van der Waals surface area contributed by atoms with E-state index in [1.54, 1.807) is 11.3 Å². The van der Waals surface area contributed by atoms with E-state index in [9.17, 15) is 0 Å². The van der Waals surface area contributed by atoms with Gasteiger partial charge in [0.15, 0.2) is 0 Å². The third-order valence-corrected chi connectivity index (χ3v) is 3.99. The molecule has 1 aliphatic heterocycles. The molecule has 1 aromatic rings. The summed E-state index contributed by atoms with van der Waals surface area (Å²) in [7, 11) is 0. The Labute approximate surface area is 102 Å². The van der Waals surface area contributed by atoms with E-state index in [2.05, 4.69) is 46.4 Å². The van der Waals surface area contributed by atoms with Crippen molar-refractivity contribution in [2.45, 2.75) is 19.4 Å². The Morgan fingerprint density at radius 1 is 1.60 bits per heavy atom. The average Bonchev–Trinajstić information content (AvgIpc) is 2.85. The van der Waals surface area contributed by atoms with Gasteiger partial charge in [-0.3, -0.25) is 0 Å². The SMILES string of the molecule is CCNC(C1=CCCO1)c1ccc(Br)s1. The quantitative estimate of drug-likeness (QED) is 0.916. The van der Waals surface area contributed by atoms with Crippen molar-refractivity contribution in [3.63, 3.8) is 0 Å². The van der Waals surface area contributed by atoms with E-state index < -0.39 is 0 Å². The molecule has 1 atom stereocenters. The molecule has 1 aliphatic rings. The van der Waals surface area contributed by atoms with Crippen molar-refractivity contribution < 1.29 is 4.74 Å². The van der Waals surface area contributed by atoms with Gasteiger partial charge in [-0.2, -0.15) is 0 Å². The number of nitrogens with one attached hydrogen (secondary N) is 1. The predicted octanol–water partition coefficient (Wildman–Crippen LogP) is 3.47. The van der Waals surface area contributed by atoms with Crippen LogP contribution in [-0.2, 0) is 4.74 Å². The van der Waals surface area contributed by atoms with Gasteiger partial charge in [-0.05, 0) is 40.7 Å². The minimum Gasteiger partial charge on any atom is -0.496 e. The molecule has 82 valence electrons. The molecule has 0 aromatic carbocycles. The van der Waals surface area contributed by atoms with Crippen LogP contribution in [0.5, 0.6) is 0 Å². The van der Waals surface area contributed by atoms with Gasteiger partial charge in [0.25, 0.3) is 0 Å². The Morgan fingerprint density at radius 3 is 3.00 bits per heavy atom. The summed E-state index contributed by atoms with van der Waals surface area (Å²) < 4.78 is 6.79. The van der Waals surface area contributed by atoms with Gasteiger partial charge >= 0.3 is 0 Å². The van der Waals surface area contributed by atoms with Crippen LogP contribution in [0.15, 0.2) is 27.8 Å². The number of thiophene rings is 1. The number of rotatable bonds is 4. The van der Waals surface area contributed by atoms with Crippen LogP contribution in [0.3, 0.4) is 0 Å². The monoisotopic (exact) mass is 287 g/mol. The summed E-state index contributed by atoms with van der Waals surface area (Å²) in [5, 5.41) is 3.45. The van der Waals surface area contributed by atoms with Crippen molar-refractivity contribution in [1.82, 2.24) is 5.32 Å². The first kappa shape index (κ1) is 11.2. The standard InChI is InChI=1S/C11H14BrNOS/c1-2-13-11(8-4-3-7-14-8)9-5-6-10(12)15-9/h4-6,11,13H,2-3,7H2,1H3. The van der Waals surface area contributed by atoms with Crippen LogP contribution in [0.2, 0.25) is 0 Å². The molecule has 1 N–H and O–H groups in total.